The maximum Gasteiger partial charge on any atom is 0.170 e. The SMILES string of the molecule is C/C=C\C=C(/C)P(=O)(c1ccccc1)c1ccc(-c2ccc3c(c2)[C@H](C)N(c2ccccc2)C(c2cccc(-c4ccc(P(=O)(C(/C=C\C)=C/C)c5ccccc5)cc4)c2)=N3)cc1. The van der Waals surface area contributed by atoms with Gasteiger partial charge in [-0.2, -0.15) is 0 Å². The van der Waals surface area contributed by atoms with Crippen LogP contribution in [0.2, 0.25) is 0 Å². The summed E-state index contributed by atoms with van der Waals surface area (Å²) in [6, 6.07) is 61.5. The molecule has 312 valence electrons. The number of benzene rings is 7. The van der Waals surface area contributed by atoms with Gasteiger partial charge in [-0.15, -0.1) is 0 Å². The Kier molecular flexibility index (Phi) is 12.9. The molecule has 0 aromatic heterocycles. The summed E-state index contributed by atoms with van der Waals surface area (Å²) in [6.07, 6.45) is 11.8. The predicted molar refractivity (Wildman–Crippen MR) is 271 cm³/mol. The molecule has 0 N–H and O–H groups in total. The summed E-state index contributed by atoms with van der Waals surface area (Å²) in [6.45, 7) is 10.1. The average molecular weight is 859 g/mol. The largest absolute Gasteiger partial charge is 0.319 e. The van der Waals surface area contributed by atoms with E-state index in [1.165, 1.54) is 0 Å². The van der Waals surface area contributed by atoms with Gasteiger partial charge in [-0.05, 0) is 92.5 Å². The molecule has 0 saturated carbocycles. The van der Waals surface area contributed by atoms with Gasteiger partial charge in [-0.25, -0.2) is 4.99 Å². The number of rotatable bonds is 12. The molecule has 0 spiro atoms. The third-order valence-corrected chi connectivity index (χ3v) is 18.2. The first kappa shape index (κ1) is 43.1. The standard InChI is InChI=1S/C57H52N2O2P2/c1-6-9-21-42(4)62(60,51-26-15-11-16-27-51)53-35-30-45(31-36-53)47-34-39-56-55(41-47)43(5)59(49-24-13-10-14-25-49)57(58-56)48-23-19-22-46(40-48)44-32-37-54(38-33-44)63(61,50(8-3)20-7-2)52-28-17-12-18-29-52/h6-41,43H,1-5H3/b9-6-,20-7-,42-21+,50-8+/t43-,62?,63?/m0/s1. The molecule has 0 radical (unpaired) electrons. The number of anilines is 1. The number of fused-ring (bicyclic) bond motifs is 1. The molecule has 0 fully saturated rings. The second-order valence-electron chi connectivity index (χ2n) is 15.7. The van der Waals surface area contributed by atoms with E-state index in [4.69, 9.17) is 4.99 Å². The van der Waals surface area contributed by atoms with Crippen molar-refractivity contribution in [3.8, 4) is 22.3 Å². The second-order valence-corrected chi connectivity index (χ2v) is 21.4. The van der Waals surface area contributed by atoms with Crippen LogP contribution in [0.25, 0.3) is 22.3 Å². The number of amidine groups is 1. The molecule has 8 rings (SSSR count). The monoisotopic (exact) mass is 858 g/mol. The highest BCUT2D eigenvalue weighted by Crippen LogP contribution is 2.53. The van der Waals surface area contributed by atoms with Crippen molar-refractivity contribution in [2.45, 2.75) is 40.7 Å². The number of allylic oxidation sites excluding steroid dienone is 8. The van der Waals surface area contributed by atoms with Gasteiger partial charge >= 0.3 is 0 Å². The second kappa shape index (κ2) is 18.8. The molecule has 3 atom stereocenters. The lowest BCUT2D eigenvalue weighted by atomic mass is 9.94. The van der Waals surface area contributed by atoms with Crippen molar-refractivity contribution in [2.75, 3.05) is 4.90 Å². The number of para-hydroxylation sites is 1. The Balaban J connectivity index is 1.15. The lowest BCUT2D eigenvalue weighted by Crippen LogP contribution is -2.36. The summed E-state index contributed by atoms with van der Waals surface area (Å²) in [5.74, 6) is 0.868. The van der Waals surface area contributed by atoms with Gasteiger partial charge in [0, 0.05) is 43.3 Å². The van der Waals surface area contributed by atoms with E-state index >= 15 is 4.57 Å². The minimum Gasteiger partial charge on any atom is -0.319 e. The first-order chi connectivity index (χ1) is 30.7. The smallest absolute Gasteiger partial charge is 0.170 e. The molecule has 0 saturated heterocycles. The van der Waals surface area contributed by atoms with Crippen LogP contribution in [0.1, 0.15) is 51.8 Å². The summed E-state index contributed by atoms with van der Waals surface area (Å²) >= 11 is 0. The van der Waals surface area contributed by atoms with Gasteiger partial charge in [-0.3, -0.25) is 0 Å². The molecule has 7 aromatic rings. The van der Waals surface area contributed by atoms with Crippen LogP contribution in [-0.4, -0.2) is 5.84 Å². The van der Waals surface area contributed by atoms with Gasteiger partial charge in [0.1, 0.15) is 5.84 Å². The molecule has 0 amide bonds. The molecular weight excluding hydrogens is 807 g/mol. The zero-order valence-electron chi connectivity index (χ0n) is 36.5. The normalized spacial score (nSPS) is 16.4. The van der Waals surface area contributed by atoms with Gasteiger partial charge < -0.3 is 14.0 Å². The highest BCUT2D eigenvalue weighted by atomic mass is 31.2. The molecule has 1 aliphatic heterocycles. The van der Waals surface area contributed by atoms with E-state index in [9.17, 15) is 4.57 Å². The van der Waals surface area contributed by atoms with E-state index in [2.05, 4.69) is 103 Å². The summed E-state index contributed by atoms with van der Waals surface area (Å²) in [7, 11) is -6.14. The average Bonchev–Trinajstić information content (AvgIpc) is 3.35. The van der Waals surface area contributed by atoms with E-state index in [1.54, 1.807) is 0 Å². The van der Waals surface area contributed by atoms with Crippen molar-refractivity contribution < 1.29 is 9.13 Å². The third-order valence-electron chi connectivity index (χ3n) is 11.9. The minimum absolute atomic E-state index is 0.0418. The fourth-order valence-corrected chi connectivity index (χ4v) is 13.9. The molecular formula is C57H52N2O2P2. The molecule has 4 nitrogen and oxygen atoms in total. The van der Waals surface area contributed by atoms with E-state index in [1.807, 2.05) is 155 Å². The first-order valence-electron chi connectivity index (χ1n) is 21.5. The van der Waals surface area contributed by atoms with Crippen LogP contribution >= 0.6 is 14.3 Å². The van der Waals surface area contributed by atoms with Crippen LogP contribution in [-0.2, 0) is 9.13 Å². The Morgan fingerprint density at radius 1 is 0.540 bits per heavy atom. The van der Waals surface area contributed by atoms with E-state index in [0.717, 1.165) is 82.4 Å². The minimum atomic E-state index is -3.09. The Hall–Kier alpha value is -6.57. The van der Waals surface area contributed by atoms with Crippen LogP contribution in [0.3, 0.4) is 0 Å². The quantitative estimate of drug-likeness (QED) is 0.0908. The molecule has 1 aliphatic rings. The van der Waals surface area contributed by atoms with Crippen LogP contribution < -0.4 is 26.1 Å². The van der Waals surface area contributed by atoms with Gasteiger partial charge in [0.25, 0.3) is 0 Å². The topological polar surface area (TPSA) is 49.7 Å². The van der Waals surface area contributed by atoms with Crippen molar-refractivity contribution in [3.63, 3.8) is 0 Å². The fraction of sp³-hybridized carbons (Fsp3) is 0.105. The van der Waals surface area contributed by atoms with Crippen molar-refractivity contribution in [3.05, 3.63) is 240 Å². The number of aliphatic imine (C=N–C) groups is 1. The third kappa shape index (κ3) is 8.38. The molecule has 2 unspecified atom stereocenters. The highest BCUT2D eigenvalue weighted by molar-refractivity contribution is 7.82. The lowest BCUT2D eigenvalue weighted by molar-refractivity contribution is 0.590. The van der Waals surface area contributed by atoms with Crippen molar-refractivity contribution in [1.82, 2.24) is 0 Å². The number of nitrogens with zero attached hydrogens (tertiary/aromatic N) is 2. The van der Waals surface area contributed by atoms with Gasteiger partial charge in [-0.1, -0.05) is 188 Å². The molecule has 6 heteroatoms. The van der Waals surface area contributed by atoms with Crippen molar-refractivity contribution in [2.24, 2.45) is 4.99 Å². The van der Waals surface area contributed by atoms with E-state index < -0.39 is 14.3 Å². The predicted octanol–water partition coefficient (Wildman–Crippen LogP) is 14.3. The van der Waals surface area contributed by atoms with Gasteiger partial charge in [0.05, 0.1) is 11.7 Å². The Labute approximate surface area is 373 Å². The van der Waals surface area contributed by atoms with Crippen molar-refractivity contribution >= 4 is 52.7 Å². The van der Waals surface area contributed by atoms with Crippen LogP contribution in [0, 0.1) is 0 Å². The van der Waals surface area contributed by atoms with Crippen LogP contribution in [0.4, 0.5) is 11.4 Å². The molecule has 63 heavy (non-hydrogen) atoms. The Morgan fingerprint density at radius 2 is 1.05 bits per heavy atom. The Bertz CT molecular complexity index is 2980. The van der Waals surface area contributed by atoms with Crippen molar-refractivity contribution in [1.29, 1.82) is 0 Å². The van der Waals surface area contributed by atoms with Crippen LogP contribution in [0.15, 0.2) is 234 Å². The van der Waals surface area contributed by atoms with Gasteiger partial charge in [0.2, 0.25) is 0 Å². The van der Waals surface area contributed by atoms with Gasteiger partial charge in [0.15, 0.2) is 14.3 Å². The molecule has 1 heterocycles. The van der Waals surface area contributed by atoms with E-state index in [0.29, 0.717) is 0 Å². The maximum atomic E-state index is 15.0. The van der Waals surface area contributed by atoms with E-state index in [-0.39, 0.29) is 6.04 Å². The summed E-state index contributed by atoms with van der Waals surface area (Å²) in [5, 5.41) is 4.91. The molecule has 0 aliphatic carbocycles. The molecule has 7 aromatic carbocycles. The number of hydrogen-bond donors (Lipinski definition) is 0. The zero-order chi connectivity index (χ0) is 44.0. The first-order valence-corrected chi connectivity index (χ1v) is 24.9. The Morgan fingerprint density at radius 3 is 1.62 bits per heavy atom. The van der Waals surface area contributed by atoms with Crippen LogP contribution in [0.5, 0.6) is 0 Å². The summed E-state index contributed by atoms with van der Waals surface area (Å²) in [4.78, 5) is 7.71. The summed E-state index contributed by atoms with van der Waals surface area (Å²) < 4.78 is 30.0. The molecule has 0 bridgehead atoms. The zero-order valence-corrected chi connectivity index (χ0v) is 38.3. The summed E-state index contributed by atoms with van der Waals surface area (Å²) in [5.41, 5.74) is 8.30. The fourth-order valence-electron chi connectivity index (χ4n) is 8.54. The highest BCUT2D eigenvalue weighted by Gasteiger charge is 2.32. The maximum absolute atomic E-state index is 15.0. The number of hydrogen-bond acceptors (Lipinski definition) is 4. The lowest BCUT2D eigenvalue weighted by Gasteiger charge is -2.37.